The molecular formula is C22H19ClFN5O. The van der Waals surface area contributed by atoms with Crippen LogP contribution in [0, 0.1) is 17.1 Å². The number of hydrogen-bond acceptors (Lipinski definition) is 4. The zero-order valence-electron chi connectivity index (χ0n) is 16.1. The number of benzene rings is 2. The fourth-order valence-electron chi connectivity index (χ4n) is 3.55. The molecule has 2 aromatic carbocycles. The van der Waals surface area contributed by atoms with E-state index in [0.717, 1.165) is 11.4 Å². The minimum Gasteiger partial charge on any atom is -0.329 e. The Balaban J connectivity index is 1.42. The van der Waals surface area contributed by atoms with Gasteiger partial charge in [0.2, 0.25) is 5.91 Å². The Labute approximate surface area is 178 Å². The molecule has 0 spiro atoms. The first-order valence-corrected chi connectivity index (χ1v) is 9.87. The van der Waals surface area contributed by atoms with Gasteiger partial charge in [0.1, 0.15) is 5.82 Å². The van der Waals surface area contributed by atoms with Crippen molar-refractivity contribution in [3.8, 4) is 6.07 Å². The molecular weight excluding hydrogens is 405 g/mol. The van der Waals surface area contributed by atoms with Gasteiger partial charge in [0.05, 0.1) is 36.7 Å². The minimum absolute atomic E-state index is 0.00715. The van der Waals surface area contributed by atoms with Crippen molar-refractivity contribution < 1.29 is 9.18 Å². The van der Waals surface area contributed by atoms with E-state index in [0.29, 0.717) is 36.8 Å². The number of anilines is 1. The van der Waals surface area contributed by atoms with Gasteiger partial charge in [-0.05, 0) is 30.3 Å². The van der Waals surface area contributed by atoms with Crippen molar-refractivity contribution in [2.75, 3.05) is 24.5 Å². The van der Waals surface area contributed by atoms with Crippen molar-refractivity contribution >= 4 is 23.2 Å². The molecule has 1 amide bonds. The number of nitriles is 1. The van der Waals surface area contributed by atoms with E-state index in [1.165, 1.54) is 6.07 Å². The molecule has 0 bridgehead atoms. The highest BCUT2D eigenvalue weighted by atomic mass is 35.5. The Hall–Kier alpha value is -3.21. The van der Waals surface area contributed by atoms with Gasteiger partial charge >= 0.3 is 0 Å². The van der Waals surface area contributed by atoms with Crippen molar-refractivity contribution in [2.45, 2.75) is 13.1 Å². The maximum atomic E-state index is 14.2. The number of hydrogen-bond donors (Lipinski definition) is 0. The van der Waals surface area contributed by atoms with Gasteiger partial charge in [0.25, 0.3) is 0 Å². The molecule has 2 heterocycles. The predicted octanol–water partition coefficient (Wildman–Crippen LogP) is 3.44. The SMILES string of the molecule is N#Cc1ccc(Cn2cncc2CN2CCN(c3cccc(Cl)c3)C(=O)C2)c(F)c1. The van der Waals surface area contributed by atoms with Gasteiger partial charge in [-0.1, -0.05) is 23.7 Å². The number of halogens is 2. The number of carbonyl (C=O) groups is 1. The van der Waals surface area contributed by atoms with Gasteiger partial charge in [0.15, 0.2) is 0 Å². The number of aromatic nitrogens is 2. The van der Waals surface area contributed by atoms with E-state index < -0.39 is 5.82 Å². The molecule has 8 heteroatoms. The highest BCUT2D eigenvalue weighted by Gasteiger charge is 2.26. The van der Waals surface area contributed by atoms with Crippen molar-refractivity contribution in [2.24, 2.45) is 0 Å². The second-order valence-electron chi connectivity index (χ2n) is 7.17. The van der Waals surface area contributed by atoms with Gasteiger partial charge in [0, 0.05) is 42.1 Å². The Kier molecular flexibility index (Phi) is 5.79. The molecule has 1 aliphatic rings. The molecule has 1 saturated heterocycles. The summed E-state index contributed by atoms with van der Waals surface area (Å²) >= 11 is 6.05. The molecule has 0 unspecified atom stereocenters. The monoisotopic (exact) mass is 423 g/mol. The average Bonchev–Trinajstić information content (AvgIpc) is 3.16. The van der Waals surface area contributed by atoms with Gasteiger partial charge in [-0.25, -0.2) is 9.37 Å². The first kappa shape index (κ1) is 20.1. The van der Waals surface area contributed by atoms with E-state index >= 15 is 0 Å². The maximum Gasteiger partial charge on any atom is 0.241 e. The van der Waals surface area contributed by atoms with Gasteiger partial charge < -0.3 is 9.47 Å². The number of amides is 1. The van der Waals surface area contributed by atoms with E-state index in [9.17, 15) is 9.18 Å². The number of carbonyl (C=O) groups excluding carboxylic acids is 1. The molecule has 1 aromatic heterocycles. The lowest BCUT2D eigenvalue weighted by Crippen LogP contribution is -2.50. The molecule has 6 nitrogen and oxygen atoms in total. The molecule has 0 radical (unpaired) electrons. The lowest BCUT2D eigenvalue weighted by Gasteiger charge is -2.34. The number of nitrogens with zero attached hydrogens (tertiary/aromatic N) is 5. The van der Waals surface area contributed by atoms with E-state index in [-0.39, 0.29) is 18.0 Å². The van der Waals surface area contributed by atoms with Crippen LogP contribution in [0.15, 0.2) is 55.0 Å². The van der Waals surface area contributed by atoms with E-state index in [2.05, 4.69) is 4.98 Å². The Morgan fingerprint density at radius 1 is 1.17 bits per heavy atom. The van der Waals surface area contributed by atoms with Crippen LogP contribution in [-0.2, 0) is 17.9 Å². The number of piperazine rings is 1. The Morgan fingerprint density at radius 2 is 2.03 bits per heavy atom. The van der Waals surface area contributed by atoms with Crippen LogP contribution in [0.25, 0.3) is 0 Å². The summed E-state index contributed by atoms with van der Waals surface area (Å²) in [6.07, 6.45) is 3.38. The summed E-state index contributed by atoms with van der Waals surface area (Å²) in [6, 6.07) is 13.7. The number of imidazole rings is 1. The van der Waals surface area contributed by atoms with Crippen LogP contribution in [0.1, 0.15) is 16.8 Å². The van der Waals surface area contributed by atoms with Gasteiger partial charge in [-0.2, -0.15) is 5.26 Å². The normalized spacial score (nSPS) is 14.7. The third-order valence-electron chi connectivity index (χ3n) is 5.13. The first-order valence-electron chi connectivity index (χ1n) is 9.49. The summed E-state index contributed by atoms with van der Waals surface area (Å²) in [6.45, 7) is 2.39. The fourth-order valence-corrected chi connectivity index (χ4v) is 3.74. The van der Waals surface area contributed by atoms with Gasteiger partial charge in [-0.3, -0.25) is 9.69 Å². The smallest absolute Gasteiger partial charge is 0.241 e. The molecule has 0 saturated carbocycles. The predicted molar refractivity (Wildman–Crippen MR) is 112 cm³/mol. The fraction of sp³-hybridized carbons (Fsp3) is 0.227. The molecule has 0 atom stereocenters. The van der Waals surface area contributed by atoms with Crippen LogP contribution in [-0.4, -0.2) is 40.0 Å². The summed E-state index contributed by atoms with van der Waals surface area (Å²) in [5.41, 5.74) is 2.46. The van der Waals surface area contributed by atoms with Crippen LogP contribution in [0.4, 0.5) is 10.1 Å². The second-order valence-corrected chi connectivity index (χ2v) is 7.60. The van der Waals surface area contributed by atoms with Crippen LogP contribution in [0.2, 0.25) is 5.02 Å². The molecule has 4 rings (SSSR count). The van der Waals surface area contributed by atoms with Crippen LogP contribution >= 0.6 is 11.6 Å². The number of rotatable bonds is 5. The van der Waals surface area contributed by atoms with Gasteiger partial charge in [-0.15, -0.1) is 0 Å². The summed E-state index contributed by atoms with van der Waals surface area (Å²) < 4.78 is 16.1. The minimum atomic E-state index is -0.418. The van der Waals surface area contributed by atoms with Crippen LogP contribution in [0.5, 0.6) is 0 Å². The lowest BCUT2D eigenvalue weighted by atomic mass is 10.1. The molecule has 3 aromatic rings. The van der Waals surface area contributed by atoms with Crippen molar-refractivity contribution in [1.82, 2.24) is 14.5 Å². The first-order chi connectivity index (χ1) is 14.5. The summed E-state index contributed by atoms with van der Waals surface area (Å²) in [4.78, 5) is 20.6. The topological polar surface area (TPSA) is 65.2 Å². The third-order valence-corrected chi connectivity index (χ3v) is 5.36. The largest absolute Gasteiger partial charge is 0.329 e. The standard InChI is InChI=1S/C22H19ClFN5O/c23-18-2-1-3-19(9-18)29-7-6-27(14-22(29)30)13-20-11-26-15-28(20)12-17-5-4-16(10-25)8-21(17)24/h1-5,8-9,11,15H,6-7,12-14H2. The lowest BCUT2D eigenvalue weighted by molar-refractivity contribution is -0.121. The van der Waals surface area contributed by atoms with Crippen LogP contribution in [0.3, 0.4) is 0 Å². The Morgan fingerprint density at radius 3 is 2.77 bits per heavy atom. The zero-order valence-corrected chi connectivity index (χ0v) is 16.9. The van der Waals surface area contributed by atoms with E-state index in [1.54, 1.807) is 41.7 Å². The maximum absolute atomic E-state index is 14.2. The van der Waals surface area contributed by atoms with Crippen molar-refractivity contribution in [3.63, 3.8) is 0 Å². The molecule has 0 aliphatic carbocycles. The zero-order chi connectivity index (χ0) is 21.1. The molecule has 1 aliphatic heterocycles. The second kappa shape index (κ2) is 8.66. The summed E-state index contributed by atoms with van der Waals surface area (Å²) in [5.74, 6) is -0.410. The highest BCUT2D eigenvalue weighted by molar-refractivity contribution is 6.30. The average molecular weight is 424 g/mol. The molecule has 30 heavy (non-hydrogen) atoms. The van der Waals surface area contributed by atoms with E-state index in [1.807, 2.05) is 27.7 Å². The molecule has 1 fully saturated rings. The van der Waals surface area contributed by atoms with Crippen molar-refractivity contribution in [1.29, 1.82) is 5.26 Å². The quantitative estimate of drug-likeness (QED) is 0.630. The summed E-state index contributed by atoms with van der Waals surface area (Å²) in [5, 5.41) is 9.49. The van der Waals surface area contributed by atoms with E-state index in [4.69, 9.17) is 16.9 Å². The summed E-state index contributed by atoms with van der Waals surface area (Å²) in [7, 11) is 0. The van der Waals surface area contributed by atoms with Crippen LogP contribution < -0.4 is 4.90 Å². The highest BCUT2D eigenvalue weighted by Crippen LogP contribution is 2.22. The molecule has 0 N–H and O–H groups in total. The molecule has 152 valence electrons. The van der Waals surface area contributed by atoms with Crippen molar-refractivity contribution in [3.05, 3.63) is 82.6 Å². The third kappa shape index (κ3) is 4.35. The Bertz CT molecular complexity index is 1120.